The van der Waals surface area contributed by atoms with Crippen molar-refractivity contribution in [1.82, 2.24) is 20.5 Å². The topological polar surface area (TPSA) is 52.6 Å². The van der Waals surface area contributed by atoms with Gasteiger partial charge in [-0.2, -0.15) is 0 Å². The summed E-state index contributed by atoms with van der Waals surface area (Å²) in [5.41, 5.74) is 3.63. The molecule has 4 rings (SSSR count). The van der Waals surface area contributed by atoms with Gasteiger partial charge in [0.15, 0.2) is 5.96 Å². The van der Waals surface area contributed by atoms with Crippen LogP contribution >= 0.6 is 0 Å². The van der Waals surface area contributed by atoms with Crippen molar-refractivity contribution >= 4 is 16.9 Å². The van der Waals surface area contributed by atoms with Gasteiger partial charge in [-0.25, -0.2) is 0 Å². The molecule has 1 unspecified atom stereocenters. The van der Waals surface area contributed by atoms with Crippen LogP contribution in [0, 0.1) is 0 Å². The van der Waals surface area contributed by atoms with Crippen LogP contribution in [0.3, 0.4) is 0 Å². The molecular formula is C24H29N5. The van der Waals surface area contributed by atoms with Crippen LogP contribution in [0.1, 0.15) is 24.0 Å². The molecule has 29 heavy (non-hydrogen) atoms. The highest BCUT2D eigenvalue weighted by atomic mass is 15.2. The summed E-state index contributed by atoms with van der Waals surface area (Å²) in [6, 6.07) is 21.6. The molecule has 0 saturated carbocycles. The molecule has 0 radical (unpaired) electrons. The molecule has 0 aliphatic carbocycles. The summed E-state index contributed by atoms with van der Waals surface area (Å²) in [5.74, 6) is 0.845. The summed E-state index contributed by atoms with van der Waals surface area (Å²) in [6.07, 6.45) is 4.36. The van der Waals surface area contributed by atoms with E-state index in [1.165, 1.54) is 29.4 Å². The zero-order chi connectivity index (χ0) is 19.9. The molecule has 2 heterocycles. The second-order valence-electron chi connectivity index (χ2n) is 7.55. The predicted molar refractivity (Wildman–Crippen MR) is 120 cm³/mol. The molecule has 1 aliphatic heterocycles. The summed E-state index contributed by atoms with van der Waals surface area (Å²) in [4.78, 5) is 11.4. The second kappa shape index (κ2) is 9.52. The maximum atomic E-state index is 4.44. The van der Waals surface area contributed by atoms with E-state index in [0.29, 0.717) is 6.04 Å². The first-order chi connectivity index (χ1) is 14.3. The summed E-state index contributed by atoms with van der Waals surface area (Å²) in [6.45, 7) is 3.81. The van der Waals surface area contributed by atoms with Crippen LogP contribution in [-0.2, 0) is 13.1 Å². The van der Waals surface area contributed by atoms with Crippen molar-refractivity contribution in [3.8, 4) is 0 Å². The summed E-state index contributed by atoms with van der Waals surface area (Å²) < 4.78 is 0. The van der Waals surface area contributed by atoms with Crippen LogP contribution in [0.4, 0.5) is 0 Å². The number of rotatable bonds is 6. The van der Waals surface area contributed by atoms with Crippen LogP contribution in [0.15, 0.2) is 71.9 Å². The van der Waals surface area contributed by atoms with E-state index in [-0.39, 0.29) is 0 Å². The van der Waals surface area contributed by atoms with Crippen molar-refractivity contribution < 1.29 is 0 Å². The zero-order valence-electron chi connectivity index (χ0n) is 17.0. The van der Waals surface area contributed by atoms with Gasteiger partial charge in [0.2, 0.25) is 0 Å². The number of fused-ring (bicyclic) bond motifs is 1. The Labute approximate surface area is 172 Å². The number of para-hydroxylation sites is 1. The Hall–Kier alpha value is -2.92. The molecule has 150 valence electrons. The maximum Gasteiger partial charge on any atom is 0.191 e. The lowest BCUT2D eigenvalue weighted by Gasteiger charge is -2.25. The first-order valence-corrected chi connectivity index (χ1v) is 10.4. The number of benzene rings is 2. The van der Waals surface area contributed by atoms with Crippen molar-refractivity contribution in [3.63, 3.8) is 0 Å². The quantitative estimate of drug-likeness (QED) is 0.502. The molecular weight excluding hydrogens is 358 g/mol. The molecule has 1 aliphatic rings. The van der Waals surface area contributed by atoms with Crippen LogP contribution in [0.5, 0.6) is 0 Å². The number of nitrogens with zero attached hydrogens (tertiary/aromatic N) is 3. The lowest BCUT2D eigenvalue weighted by atomic mass is 10.1. The minimum Gasteiger partial charge on any atom is -0.355 e. The third-order valence-corrected chi connectivity index (χ3v) is 5.64. The number of aliphatic imine (C=N–C) groups is 1. The summed E-state index contributed by atoms with van der Waals surface area (Å²) in [7, 11) is 1.83. The third-order valence-electron chi connectivity index (χ3n) is 5.64. The third kappa shape index (κ3) is 4.93. The monoisotopic (exact) mass is 387 g/mol. The van der Waals surface area contributed by atoms with Gasteiger partial charge in [-0.3, -0.25) is 14.9 Å². The van der Waals surface area contributed by atoms with Crippen molar-refractivity contribution in [3.05, 3.63) is 78.0 Å². The van der Waals surface area contributed by atoms with Crippen LogP contribution in [0.25, 0.3) is 10.9 Å². The van der Waals surface area contributed by atoms with Gasteiger partial charge in [0.25, 0.3) is 0 Å². The molecule has 1 atom stereocenters. The highest BCUT2D eigenvalue weighted by Gasteiger charge is 2.24. The van der Waals surface area contributed by atoms with Gasteiger partial charge in [-0.1, -0.05) is 48.5 Å². The standard InChI is InChI=1S/C24H29N5/c1-25-24(27-16-20-13-14-26-23-12-6-5-11-22(20)23)28-17-21-10-7-15-29(21)18-19-8-3-2-4-9-19/h2-6,8-9,11-14,21H,7,10,15-18H2,1H3,(H2,25,27,28). The Balaban J connectivity index is 1.32. The zero-order valence-corrected chi connectivity index (χ0v) is 17.0. The summed E-state index contributed by atoms with van der Waals surface area (Å²) >= 11 is 0. The lowest BCUT2D eigenvalue weighted by Crippen LogP contribution is -2.44. The molecule has 0 amide bonds. The van der Waals surface area contributed by atoms with E-state index < -0.39 is 0 Å². The minimum absolute atomic E-state index is 0.538. The molecule has 1 aromatic heterocycles. The van der Waals surface area contributed by atoms with E-state index in [1.807, 2.05) is 25.4 Å². The number of hydrogen-bond donors (Lipinski definition) is 2. The molecule has 0 spiro atoms. The molecule has 1 fully saturated rings. The van der Waals surface area contributed by atoms with E-state index in [4.69, 9.17) is 0 Å². The van der Waals surface area contributed by atoms with Crippen molar-refractivity contribution in [2.45, 2.75) is 32.0 Å². The van der Waals surface area contributed by atoms with Crippen molar-refractivity contribution in [2.75, 3.05) is 20.1 Å². The minimum atomic E-state index is 0.538. The van der Waals surface area contributed by atoms with Gasteiger partial charge >= 0.3 is 0 Å². The molecule has 5 heteroatoms. The predicted octanol–water partition coefficient (Wildman–Crippen LogP) is 3.56. The van der Waals surface area contributed by atoms with E-state index in [1.54, 1.807) is 0 Å². The number of guanidine groups is 1. The fourth-order valence-electron chi connectivity index (χ4n) is 4.08. The van der Waals surface area contributed by atoms with E-state index in [2.05, 4.69) is 74.0 Å². The van der Waals surface area contributed by atoms with Gasteiger partial charge < -0.3 is 10.6 Å². The van der Waals surface area contributed by atoms with Gasteiger partial charge in [0, 0.05) is 44.3 Å². The first kappa shape index (κ1) is 19.4. The Bertz CT molecular complexity index is 948. The summed E-state index contributed by atoms with van der Waals surface area (Å²) in [5, 5.41) is 8.17. The molecule has 2 aromatic carbocycles. The average Bonchev–Trinajstić information content (AvgIpc) is 3.21. The highest BCUT2D eigenvalue weighted by molar-refractivity contribution is 5.83. The molecule has 3 aromatic rings. The molecule has 0 bridgehead atoms. The van der Waals surface area contributed by atoms with Crippen molar-refractivity contribution in [1.29, 1.82) is 0 Å². The van der Waals surface area contributed by atoms with Crippen LogP contribution in [-0.4, -0.2) is 42.0 Å². The van der Waals surface area contributed by atoms with Gasteiger partial charge in [-0.05, 0) is 42.6 Å². The van der Waals surface area contributed by atoms with E-state index >= 15 is 0 Å². The Morgan fingerprint density at radius 3 is 2.76 bits per heavy atom. The fourth-order valence-corrected chi connectivity index (χ4v) is 4.08. The lowest BCUT2D eigenvalue weighted by molar-refractivity contribution is 0.245. The Morgan fingerprint density at radius 2 is 1.90 bits per heavy atom. The van der Waals surface area contributed by atoms with Gasteiger partial charge in [0.1, 0.15) is 0 Å². The Morgan fingerprint density at radius 1 is 1.07 bits per heavy atom. The number of pyridine rings is 1. The maximum absolute atomic E-state index is 4.44. The first-order valence-electron chi connectivity index (χ1n) is 10.4. The number of nitrogens with one attached hydrogen (secondary N) is 2. The van der Waals surface area contributed by atoms with Gasteiger partial charge in [0.05, 0.1) is 5.52 Å². The number of likely N-dealkylation sites (tertiary alicyclic amines) is 1. The molecule has 5 nitrogen and oxygen atoms in total. The largest absolute Gasteiger partial charge is 0.355 e. The van der Waals surface area contributed by atoms with E-state index in [0.717, 1.165) is 37.7 Å². The van der Waals surface area contributed by atoms with Gasteiger partial charge in [-0.15, -0.1) is 0 Å². The Kier molecular flexibility index (Phi) is 6.37. The van der Waals surface area contributed by atoms with Crippen molar-refractivity contribution in [2.24, 2.45) is 4.99 Å². The van der Waals surface area contributed by atoms with E-state index in [9.17, 15) is 0 Å². The smallest absolute Gasteiger partial charge is 0.191 e. The second-order valence-corrected chi connectivity index (χ2v) is 7.55. The normalized spacial score (nSPS) is 17.6. The molecule has 1 saturated heterocycles. The number of aromatic nitrogens is 1. The fraction of sp³-hybridized carbons (Fsp3) is 0.333. The molecule has 2 N–H and O–H groups in total. The number of hydrogen-bond acceptors (Lipinski definition) is 3. The highest BCUT2D eigenvalue weighted by Crippen LogP contribution is 2.19. The van der Waals surface area contributed by atoms with Crippen LogP contribution in [0.2, 0.25) is 0 Å². The van der Waals surface area contributed by atoms with Crippen LogP contribution < -0.4 is 10.6 Å². The SMILES string of the molecule is CN=C(NCc1ccnc2ccccc12)NCC1CCCN1Cc1ccccc1. The average molecular weight is 388 g/mol.